The van der Waals surface area contributed by atoms with Crippen molar-refractivity contribution in [2.75, 3.05) is 26.8 Å². The Hall–Kier alpha value is -1.03. The molecule has 0 aromatic carbocycles. The van der Waals surface area contributed by atoms with Crippen molar-refractivity contribution in [2.45, 2.75) is 18.1 Å². The lowest BCUT2D eigenvalue weighted by Gasteiger charge is -2.03. The maximum Gasteiger partial charge on any atom is 0.274 e. The Balaban J connectivity index is 2.53. The number of rotatable bonds is 9. The van der Waals surface area contributed by atoms with Crippen LogP contribution in [0.4, 0.5) is 8.78 Å². The van der Waals surface area contributed by atoms with Crippen molar-refractivity contribution in [2.24, 2.45) is 0 Å². The number of alkyl halides is 2. The van der Waals surface area contributed by atoms with Crippen molar-refractivity contribution in [3.8, 4) is 0 Å². The van der Waals surface area contributed by atoms with Crippen LogP contribution in [0.25, 0.3) is 0 Å². The van der Waals surface area contributed by atoms with Crippen molar-refractivity contribution in [3.63, 3.8) is 0 Å². The lowest BCUT2D eigenvalue weighted by Crippen LogP contribution is -2.28. The average molecular weight is 298 g/mol. The molecule has 0 radical (unpaired) electrons. The number of halogens is 2. The molecule has 0 fully saturated rings. The van der Waals surface area contributed by atoms with E-state index in [9.17, 15) is 17.2 Å². The molecule has 110 valence electrons. The van der Waals surface area contributed by atoms with Gasteiger partial charge in [-0.1, -0.05) is 0 Å². The second-order valence-electron chi connectivity index (χ2n) is 3.63. The Labute approximate surface area is 110 Å². The highest BCUT2D eigenvalue weighted by molar-refractivity contribution is 7.89. The summed E-state index contributed by atoms with van der Waals surface area (Å²) < 4.78 is 58.6. The first kappa shape index (κ1) is 16.0. The molecular formula is C10H16F2N2O4S. The molecule has 1 aromatic rings. The number of methoxy groups -OCH3 is 1. The van der Waals surface area contributed by atoms with Crippen LogP contribution in [0.1, 0.15) is 5.76 Å². The molecule has 0 amide bonds. The van der Waals surface area contributed by atoms with Crippen LogP contribution < -0.4 is 10.0 Å². The lowest BCUT2D eigenvalue weighted by molar-refractivity contribution is 0.153. The normalized spacial score (nSPS) is 12.2. The smallest absolute Gasteiger partial charge is 0.274 e. The lowest BCUT2D eigenvalue weighted by atomic mass is 10.4. The molecule has 0 aliphatic carbocycles. The molecule has 0 aliphatic rings. The van der Waals surface area contributed by atoms with Gasteiger partial charge in [0.1, 0.15) is 5.76 Å². The molecule has 0 bridgehead atoms. The molecule has 0 saturated heterocycles. The van der Waals surface area contributed by atoms with E-state index in [1.165, 1.54) is 12.1 Å². The molecule has 0 aliphatic heterocycles. The first-order valence-corrected chi connectivity index (χ1v) is 7.00. The molecule has 9 heteroatoms. The van der Waals surface area contributed by atoms with Crippen molar-refractivity contribution >= 4 is 10.0 Å². The van der Waals surface area contributed by atoms with Gasteiger partial charge in [0.15, 0.2) is 0 Å². The molecule has 0 spiro atoms. The van der Waals surface area contributed by atoms with Gasteiger partial charge < -0.3 is 14.5 Å². The molecule has 0 unspecified atom stereocenters. The number of furan rings is 1. The third kappa shape index (κ3) is 5.64. The summed E-state index contributed by atoms with van der Waals surface area (Å²) in [7, 11) is -2.46. The van der Waals surface area contributed by atoms with Crippen LogP contribution in [0.15, 0.2) is 21.6 Å². The third-order valence-electron chi connectivity index (χ3n) is 2.11. The van der Waals surface area contributed by atoms with Crippen LogP contribution in [0, 0.1) is 0 Å². The topological polar surface area (TPSA) is 80.6 Å². The van der Waals surface area contributed by atoms with Crippen molar-refractivity contribution in [1.82, 2.24) is 10.0 Å². The summed E-state index contributed by atoms with van der Waals surface area (Å²) in [5.74, 6) is 0.397. The van der Waals surface area contributed by atoms with Crippen LogP contribution in [0.3, 0.4) is 0 Å². The summed E-state index contributed by atoms with van der Waals surface area (Å²) in [6.07, 6.45) is -2.75. The maximum absolute atomic E-state index is 11.9. The number of nitrogens with one attached hydrogen (secondary N) is 2. The minimum absolute atomic E-state index is 0.327. The van der Waals surface area contributed by atoms with Crippen LogP contribution in [0.5, 0.6) is 0 Å². The Bertz CT molecular complexity index is 476. The molecular weight excluding hydrogens is 282 g/mol. The second-order valence-corrected chi connectivity index (χ2v) is 5.33. The number of ether oxygens (including phenoxy) is 1. The van der Waals surface area contributed by atoms with Crippen molar-refractivity contribution < 1.29 is 26.4 Å². The van der Waals surface area contributed by atoms with Gasteiger partial charge in [-0.15, -0.1) is 0 Å². The van der Waals surface area contributed by atoms with E-state index in [0.717, 1.165) is 0 Å². The summed E-state index contributed by atoms with van der Waals surface area (Å²) >= 11 is 0. The highest BCUT2D eigenvalue weighted by Gasteiger charge is 2.20. The molecule has 19 heavy (non-hydrogen) atoms. The van der Waals surface area contributed by atoms with E-state index >= 15 is 0 Å². The Morgan fingerprint density at radius 2 is 2.16 bits per heavy atom. The Morgan fingerprint density at radius 1 is 1.42 bits per heavy atom. The maximum atomic E-state index is 11.9. The molecule has 0 atom stereocenters. The first-order valence-electron chi connectivity index (χ1n) is 5.52. The van der Waals surface area contributed by atoms with E-state index in [1.54, 1.807) is 11.8 Å². The second kappa shape index (κ2) is 7.53. The van der Waals surface area contributed by atoms with Gasteiger partial charge in [0.2, 0.25) is 5.09 Å². The minimum Gasteiger partial charge on any atom is -0.447 e. The number of hydrogen-bond acceptors (Lipinski definition) is 5. The van der Waals surface area contributed by atoms with Gasteiger partial charge in [-0.05, 0) is 12.1 Å². The number of hydrogen-bond donors (Lipinski definition) is 2. The monoisotopic (exact) mass is 298 g/mol. The van der Waals surface area contributed by atoms with E-state index < -0.39 is 23.0 Å². The molecule has 6 nitrogen and oxygen atoms in total. The molecule has 1 heterocycles. The van der Waals surface area contributed by atoms with Gasteiger partial charge in [-0.25, -0.2) is 21.9 Å². The summed E-state index contributed by atoms with van der Waals surface area (Å²) in [4.78, 5) is 0. The van der Waals surface area contributed by atoms with E-state index in [1.807, 2.05) is 0 Å². The fraction of sp³-hybridized carbons (Fsp3) is 0.600. The Kier molecular flexibility index (Phi) is 6.35. The van der Waals surface area contributed by atoms with Crippen molar-refractivity contribution in [3.05, 3.63) is 17.9 Å². The zero-order chi connectivity index (χ0) is 14.3. The summed E-state index contributed by atoms with van der Waals surface area (Å²) in [5.41, 5.74) is 0. The van der Waals surface area contributed by atoms with Crippen LogP contribution in [0.2, 0.25) is 0 Å². The molecule has 1 rings (SSSR count). The van der Waals surface area contributed by atoms with Crippen LogP contribution >= 0.6 is 0 Å². The van der Waals surface area contributed by atoms with Crippen molar-refractivity contribution in [1.29, 1.82) is 0 Å². The molecule has 2 N–H and O–H groups in total. The van der Waals surface area contributed by atoms with Crippen LogP contribution in [-0.2, 0) is 21.3 Å². The van der Waals surface area contributed by atoms with Gasteiger partial charge in [0.25, 0.3) is 16.4 Å². The highest BCUT2D eigenvalue weighted by Crippen LogP contribution is 2.13. The molecule has 1 aromatic heterocycles. The average Bonchev–Trinajstić information content (AvgIpc) is 2.82. The quantitative estimate of drug-likeness (QED) is 0.651. The summed E-state index contributed by atoms with van der Waals surface area (Å²) in [6.45, 7) is 0.489. The zero-order valence-corrected chi connectivity index (χ0v) is 11.2. The van der Waals surface area contributed by atoms with Gasteiger partial charge in [-0.3, -0.25) is 0 Å². The SMILES string of the molecule is COCCNCc1ccc(S(=O)(=O)NCC(F)F)o1. The predicted molar refractivity (Wildman–Crippen MR) is 63.5 cm³/mol. The number of sulfonamides is 1. The minimum atomic E-state index is -4.02. The van der Waals surface area contributed by atoms with Gasteiger partial charge >= 0.3 is 0 Å². The summed E-state index contributed by atoms with van der Waals surface area (Å²) in [5, 5.41) is 2.59. The van der Waals surface area contributed by atoms with Gasteiger partial charge in [-0.2, -0.15) is 0 Å². The summed E-state index contributed by atoms with van der Waals surface area (Å²) in [6, 6.07) is 2.69. The van der Waals surface area contributed by atoms with Gasteiger partial charge in [0, 0.05) is 13.7 Å². The first-order chi connectivity index (χ1) is 8.95. The fourth-order valence-electron chi connectivity index (χ4n) is 1.23. The largest absolute Gasteiger partial charge is 0.447 e. The predicted octanol–water partition coefficient (Wildman–Crippen LogP) is 0.559. The molecule has 0 saturated carbocycles. The van der Waals surface area contributed by atoms with E-state index in [-0.39, 0.29) is 5.09 Å². The standard InChI is InChI=1S/C10H16F2N2O4S/c1-17-5-4-13-6-8-2-3-10(18-8)19(15,16)14-7-9(11)12/h2-3,9,13-14H,4-7H2,1H3. The van der Waals surface area contributed by atoms with E-state index in [0.29, 0.717) is 25.5 Å². The third-order valence-corrected chi connectivity index (χ3v) is 3.41. The van der Waals surface area contributed by atoms with E-state index in [4.69, 9.17) is 9.15 Å². The Morgan fingerprint density at radius 3 is 2.79 bits per heavy atom. The highest BCUT2D eigenvalue weighted by atomic mass is 32.2. The van der Waals surface area contributed by atoms with E-state index in [2.05, 4.69) is 5.32 Å². The van der Waals surface area contributed by atoms with Gasteiger partial charge in [0.05, 0.1) is 19.7 Å². The zero-order valence-electron chi connectivity index (χ0n) is 10.4. The fourth-order valence-corrected chi connectivity index (χ4v) is 2.18. The van der Waals surface area contributed by atoms with Crippen LogP contribution in [-0.4, -0.2) is 41.6 Å².